The van der Waals surface area contributed by atoms with Gasteiger partial charge in [-0.15, -0.1) is 0 Å². The lowest BCUT2D eigenvalue weighted by Crippen LogP contribution is -2.25. The van der Waals surface area contributed by atoms with Crippen LogP contribution >= 0.6 is 0 Å². The summed E-state index contributed by atoms with van der Waals surface area (Å²) in [5, 5.41) is 27.1. The number of rotatable bonds is 5. The molecule has 0 saturated carbocycles. The molecule has 0 aliphatic heterocycles. The lowest BCUT2D eigenvalue weighted by Gasteiger charge is -2.11. The van der Waals surface area contributed by atoms with Gasteiger partial charge in [0.2, 0.25) is 0 Å². The Balaban J connectivity index is 3.01. The van der Waals surface area contributed by atoms with Crippen LogP contribution in [0, 0.1) is 5.92 Å². The van der Waals surface area contributed by atoms with Gasteiger partial charge in [0.25, 0.3) is 0 Å². The molecule has 0 heterocycles. The average molecular weight is 240 g/mol. The Bertz CT molecular complexity index is 426. The summed E-state index contributed by atoms with van der Waals surface area (Å²) in [6.45, 7) is 0. The summed E-state index contributed by atoms with van der Waals surface area (Å²) in [5.41, 5.74) is 0.221. The molecule has 0 aromatic heterocycles. The minimum absolute atomic E-state index is 0.178. The fraction of sp³-hybridized carbons (Fsp3) is 0.273. The maximum atomic E-state index is 10.7. The Morgan fingerprint density at radius 2 is 1.88 bits per heavy atom. The van der Waals surface area contributed by atoms with Gasteiger partial charge in [-0.2, -0.15) is 0 Å². The van der Waals surface area contributed by atoms with Crippen LogP contribution < -0.4 is 4.74 Å². The number of aliphatic carboxylic acids is 2. The smallest absolute Gasteiger partial charge is 0.318 e. The van der Waals surface area contributed by atoms with Crippen LogP contribution in [0.4, 0.5) is 0 Å². The van der Waals surface area contributed by atoms with Crippen LogP contribution in [0.3, 0.4) is 0 Å². The number of phenols is 1. The molecule has 92 valence electrons. The van der Waals surface area contributed by atoms with Crippen molar-refractivity contribution in [3.05, 3.63) is 23.8 Å². The molecule has 1 aromatic carbocycles. The van der Waals surface area contributed by atoms with Crippen molar-refractivity contribution in [3.8, 4) is 11.5 Å². The van der Waals surface area contributed by atoms with Crippen molar-refractivity contribution in [2.75, 3.05) is 7.11 Å². The second-order valence-corrected chi connectivity index (χ2v) is 3.40. The van der Waals surface area contributed by atoms with E-state index in [1.165, 1.54) is 19.2 Å². The van der Waals surface area contributed by atoms with E-state index < -0.39 is 17.9 Å². The van der Waals surface area contributed by atoms with Gasteiger partial charge in [0.05, 0.1) is 7.11 Å². The molecule has 0 saturated heterocycles. The van der Waals surface area contributed by atoms with Crippen molar-refractivity contribution < 1.29 is 29.6 Å². The molecule has 6 heteroatoms. The van der Waals surface area contributed by atoms with E-state index in [-0.39, 0.29) is 23.5 Å². The van der Waals surface area contributed by atoms with Gasteiger partial charge >= 0.3 is 11.9 Å². The van der Waals surface area contributed by atoms with Gasteiger partial charge in [-0.25, -0.2) is 0 Å². The van der Waals surface area contributed by atoms with E-state index in [1.54, 1.807) is 6.07 Å². The van der Waals surface area contributed by atoms with E-state index in [9.17, 15) is 14.7 Å². The molecule has 1 aromatic rings. The molecule has 0 aliphatic rings. The van der Waals surface area contributed by atoms with Crippen LogP contribution in [-0.4, -0.2) is 34.4 Å². The van der Waals surface area contributed by atoms with Gasteiger partial charge in [-0.3, -0.25) is 9.59 Å². The third-order valence-electron chi connectivity index (χ3n) is 2.32. The lowest BCUT2D eigenvalue weighted by atomic mass is 9.98. The molecule has 3 N–H and O–H groups in total. The number of aromatic hydroxyl groups is 1. The molecular formula is C11H12O6. The highest BCUT2D eigenvalue weighted by Gasteiger charge is 2.27. The number of methoxy groups -OCH3 is 1. The predicted molar refractivity (Wildman–Crippen MR) is 57.1 cm³/mol. The maximum Gasteiger partial charge on any atom is 0.318 e. The third-order valence-corrected chi connectivity index (χ3v) is 2.32. The first-order chi connectivity index (χ1) is 7.97. The summed E-state index contributed by atoms with van der Waals surface area (Å²) in [4.78, 5) is 21.4. The zero-order chi connectivity index (χ0) is 13.0. The van der Waals surface area contributed by atoms with Crippen LogP contribution in [0.5, 0.6) is 11.5 Å². The second-order valence-electron chi connectivity index (χ2n) is 3.40. The van der Waals surface area contributed by atoms with E-state index in [4.69, 9.17) is 14.9 Å². The Morgan fingerprint density at radius 3 is 2.35 bits per heavy atom. The van der Waals surface area contributed by atoms with E-state index in [0.29, 0.717) is 0 Å². The van der Waals surface area contributed by atoms with Gasteiger partial charge < -0.3 is 20.1 Å². The zero-order valence-electron chi connectivity index (χ0n) is 9.08. The van der Waals surface area contributed by atoms with Crippen molar-refractivity contribution in [1.82, 2.24) is 0 Å². The molecule has 17 heavy (non-hydrogen) atoms. The Kier molecular flexibility index (Phi) is 3.92. The molecule has 1 rings (SSSR count). The number of hydrogen-bond donors (Lipinski definition) is 3. The highest BCUT2D eigenvalue weighted by atomic mass is 16.5. The highest BCUT2D eigenvalue weighted by Crippen LogP contribution is 2.31. The number of hydrogen-bond acceptors (Lipinski definition) is 4. The Morgan fingerprint density at radius 1 is 1.29 bits per heavy atom. The van der Waals surface area contributed by atoms with Crippen LogP contribution in [0.1, 0.15) is 5.56 Å². The van der Waals surface area contributed by atoms with Crippen LogP contribution in [0.15, 0.2) is 18.2 Å². The maximum absolute atomic E-state index is 10.7. The minimum Gasteiger partial charge on any atom is -0.504 e. The fourth-order valence-corrected chi connectivity index (χ4v) is 1.40. The quantitative estimate of drug-likeness (QED) is 0.655. The van der Waals surface area contributed by atoms with Crippen molar-refractivity contribution in [2.45, 2.75) is 6.42 Å². The molecule has 0 aliphatic carbocycles. The predicted octanol–water partition coefficient (Wildman–Crippen LogP) is 0.729. The Hall–Kier alpha value is -2.24. The van der Waals surface area contributed by atoms with Gasteiger partial charge in [0, 0.05) is 6.42 Å². The molecule has 0 spiro atoms. The summed E-state index contributed by atoms with van der Waals surface area (Å²) < 4.78 is 4.84. The molecule has 0 radical (unpaired) electrons. The largest absolute Gasteiger partial charge is 0.504 e. The highest BCUT2D eigenvalue weighted by molar-refractivity contribution is 5.93. The van der Waals surface area contributed by atoms with Gasteiger partial charge in [0.15, 0.2) is 17.4 Å². The van der Waals surface area contributed by atoms with Crippen molar-refractivity contribution in [3.63, 3.8) is 0 Å². The molecule has 0 bridgehead atoms. The van der Waals surface area contributed by atoms with E-state index >= 15 is 0 Å². The number of carboxylic acid groups (broad SMARTS) is 2. The lowest BCUT2D eigenvalue weighted by molar-refractivity contribution is -0.154. The van der Waals surface area contributed by atoms with Crippen molar-refractivity contribution >= 4 is 11.9 Å². The average Bonchev–Trinajstić information content (AvgIpc) is 2.26. The zero-order valence-corrected chi connectivity index (χ0v) is 9.08. The second kappa shape index (κ2) is 5.20. The van der Waals surface area contributed by atoms with E-state index in [1.807, 2.05) is 0 Å². The van der Waals surface area contributed by atoms with E-state index in [0.717, 1.165) is 0 Å². The minimum atomic E-state index is -1.59. The van der Waals surface area contributed by atoms with Gasteiger partial charge in [0.1, 0.15) is 0 Å². The van der Waals surface area contributed by atoms with Crippen LogP contribution in [-0.2, 0) is 16.0 Å². The van der Waals surface area contributed by atoms with Crippen molar-refractivity contribution in [2.24, 2.45) is 5.92 Å². The first kappa shape index (κ1) is 12.8. The summed E-state index contributed by atoms with van der Waals surface area (Å²) in [5.74, 6) is -4.54. The fourth-order valence-electron chi connectivity index (χ4n) is 1.40. The van der Waals surface area contributed by atoms with Gasteiger partial charge in [-0.05, 0) is 11.6 Å². The molecule has 0 unspecified atom stereocenters. The standard InChI is InChI=1S/C11H12O6/c1-17-8-4-2-3-6(9(8)12)5-7(10(13)14)11(15)16/h2-4,7,12H,5H2,1H3,(H,13,14)(H,15,16). The van der Waals surface area contributed by atoms with Crippen LogP contribution in [0.2, 0.25) is 0 Å². The summed E-state index contributed by atoms with van der Waals surface area (Å²) in [6, 6.07) is 4.50. The first-order valence-corrected chi connectivity index (χ1v) is 4.77. The third kappa shape index (κ3) is 2.87. The number of carboxylic acids is 2. The molecule has 0 amide bonds. The van der Waals surface area contributed by atoms with Crippen molar-refractivity contribution in [1.29, 1.82) is 0 Å². The number of benzene rings is 1. The SMILES string of the molecule is COc1cccc(CC(C(=O)O)C(=O)O)c1O. The summed E-state index contributed by atoms with van der Waals surface area (Å²) in [7, 11) is 1.35. The monoisotopic (exact) mass is 240 g/mol. The topological polar surface area (TPSA) is 104 Å². The molecule has 0 atom stereocenters. The molecule has 0 fully saturated rings. The number of phenolic OH excluding ortho intramolecular Hbond substituents is 1. The number of carbonyl (C=O) groups is 2. The number of para-hydroxylation sites is 1. The van der Waals surface area contributed by atoms with E-state index in [2.05, 4.69) is 0 Å². The number of ether oxygens (including phenoxy) is 1. The summed E-state index contributed by atoms with van der Waals surface area (Å²) >= 11 is 0. The summed E-state index contributed by atoms with van der Waals surface area (Å²) in [6.07, 6.45) is -0.298. The first-order valence-electron chi connectivity index (χ1n) is 4.77. The van der Waals surface area contributed by atoms with Crippen LogP contribution in [0.25, 0.3) is 0 Å². The molecule has 6 nitrogen and oxygen atoms in total. The van der Waals surface area contributed by atoms with Gasteiger partial charge in [-0.1, -0.05) is 12.1 Å². The molecular weight excluding hydrogens is 228 g/mol. The normalized spacial score (nSPS) is 10.2. The Labute approximate surface area is 97.1 Å².